The van der Waals surface area contributed by atoms with Crippen molar-refractivity contribution in [3.8, 4) is 0 Å². The van der Waals surface area contributed by atoms with Crippen molar-refractivity contribution in [2.24, 2.45) is 0 Å². The minimum atomic E-state index is -0.0828. The molecule has 4 nitrogen and oxygen atoms in total. The first-order chi connectivity index (χ1) is 3.83. The number of hydrogen-bond acceptors (Lipinski definition) is 3. The third-order valence-corrected chi connectivity index (χ3v) is 0.806. The molecule has 0 aliphatic carbocycles. The lowest BCUT2D eigenvalue weighted by Gasteiger charge is -1.80. The van der Waals surface area contributed by atoms with Crippen LogP contribution in [0.25, 0.3) is 0 Å². The van der Waals surface area contributed by atoms with E-state index in [0.29, 0.717) is 10.4 Å². The molecule has 1 aromatic rings. The largest absolute Gasteiger partial charge is 0.412 e. The molecule has 1 heterocycles. The zero-order valence-corrected chi connectivity index (χ0v) is 4.15. The van der Waals surface area contributed by atoms with E-state index in [9.17, 15) is 0 Å². The Balaban J connectivity index is 2.84. The molecular weight excluding hydrogens is 108 g/mol. The van der Waals surface area contributed by atoms with E-state index in [1.165, 1.54) is 12.4 Å². The topological polar surface area (TPSA) is 58.3 Å². The standard InChI is InChI=1S/C4H6N2O2/c7-3-4-1-5-6(8)2-4/h1-2,7-8H,3H2. The molecule has 0 aliphatic rings. The van der Waals surface area contributed by atoms with Crippen molar-refractivity contribution in [1.82, 2.24) is 9.94 Å². The maximum Gasteiger partial charge on any atom is 0.0719 e. The summed E-state index contributed by atoms with van der Waals surface area (Å²) in [5.74, 6) is 0. The number of rotatable bonds is 1. The van der Waals surface area contributed by atoms with Gasteiger partial charge in [-0.2, -0.15) is 0 Å². The van der Waals surface area contributed by atoms with Gasteiger partial charge in [-0.25, -0.2) is 0 Å². The molecule has 0 unspecified atom stereocenters. The first-order valence-corrected chi connectivity index (χ1v) is 2.16. The van der Waals surface area contributed by atoms with Crippen LogP contribution in [0, 0.1) is 0 Å². The number of hydrogen-bond donors (Lipinski definition) is 2. The highest BCUT2D eigenvalue weighted by Gasteiger charge is 1.90. The Morgan fingerprint density at radius 2 is 2.50 bits per heavy atom. The molecule has 0 spiro atoms. The van der Waals surface area contributed by atoms with Crippen molar-refractivity contribution in [2.75, 3.05) is 0 Å². The Morgan fingerprint density at radius 3 is 2.75 bits per heavy atom. The van der Waals surface area contributed by atoms with Crippen LogP contribution in [-0.2, 0) is 6.61 Å². The Bertz CT molecular complexity index is 172. The Labute approximate surface area is 45.9 Å². The molecule has 2 N–H and O–H groups in total. The number of nitrogens with zero attached hydrogens (tertiary/aromatic N) is 2. The fourth-order valence-corrected chi connectivity index (χ4v) is 0.430. The van der Waals surface area contributed by atoms with Crippen LogP contribution < -0.4 is 0 Å². The summed E-state index contributed by atoms with van der Waals surface area (Å²) in [5, 5.41) is 20.3. The van der Waals surface area contributed by atoms with Gasteiger partial charge >= 0.3 is 0 Å². The lowest BCUT2D eigenvalue weighted by molar-refractivity contribution is 0.148. The van der Waals surface area contributed by atoms with Gasteiger partial charge in [0, 0.05) is 5.56 Å². The highest BCUT2D eigenvalue weighted by Crippen LogP contribution is 1.92. The van der Waals surface area contributed by atoms with E-state index < -0.39 is 0 Å². The minimum Gasteiger partial charge on any atom is -0.412 e. The molecule has 1 rings (SSSR count). The second-order valence-electron chi connectivity index (χ2n) is 1.43. The van der Waals surface area contributed by atoms with Crippen LogP contribution in [0.4, 0.5) is 0 Å². The van der Waals surface area contributed by atoms with Crippen LogP contribution in [0.15, 0.2) is 12.4 Å². The second-order valence-corrected chi connectivity index (χ2v) is 1.43. The van der Waals surface area contributed by atoms with Gasteiger partial charge in [-0.1, -0.05) is 0 Å². The molecule has 4 heteroatoms. The molecule has 0 aromatic carbocycles. The van der Waals surface area contributed by atoms with Gasteiger partial charge in [-0.05, 0) is 0 Å². The zero-order chi connectivity index (χ0) is 5.98. The summed E-state index contributed by atoms with van der Waals surface area (Å²) in [4.78, 5) is 0.658. The van der Waals surface area contributed by atoms with E-state index in [0.717, 1.165) is 0 Å². The lowest BCUT2D eigenvalue weighted by Crippen LogP contribution is -1.86. The van der Waals surface area contributed by atoms with Crippen molar-refractivity contribution in [2.45, 2.75) is 6.61 Å². The second kappa shape index (κ2) is 1.83. The van der Waals surface area contributed by atoms with E-state index >= 15 is 0 Å². The summed E-state index contributed by atoms with van der Waals surface area (Å²) in [5.41, 5.74) is 0.604. The van der Waals surface area contributed by atoms with Crippen molar-refractivity contribution >= 4 is 0 Å². The summed E-state index contributed by atoms with van der Waals surface area (Å²) in [6.45, 7) is -0.0828. The fraction of sp³-hybridized carbons (Fsp3) is 0.250. The average Bonchev–Trinajstić information content (AvgIpc) is 2.14. The molecule has 0 amide bonds. The predicted octanol–water partition coefficient (Wildman–Crippen LogP) is -0.387. The number of aromatic nitrogens is 2. The summed E-state index contributed by atoms with van der Waals surface area (Å²) in [6.07, 6.45) is 2.72. The Kier molecular flexibility index (Phi) is 1.17. The van der Waals surface area contributed by atoms with E-state index in [4.69, 9.17) is 10.3 Å². The van der Waals surface area contributed by atoms with E-state index in [2.05, 4.69) is 5.10 Å². The molecule has 44 valence electrons. The quantitative estimate of drug-likeness (QED) is 0.489. The molecule has 0 atom stereocenters. The zero-order valence-electron chi connectivity index (χ0n) is 4.15. The smallest absolute Gasteiger partial charge is 0.0719 e. The van der Waals surface area contributed by atoms with Crippen molar-refractivity contribution in [1.29, 1.82) is 0 Å². The summed E-state index contributed by atoms with van der Waals surface area (Å²) in [6, 6.07) is 0. The molecule has 0 saturated heterocycles. The van der Waals surface area contributed by atoms with Crippen molar-refractivity contribution in [3.63, 3.8) is 0 Å². The summed E-state index contributed by atoms with van der Waals surface area (Å²) < 4.78 is 0. The third-order valence-electron chi connectivity index (χ3n) is 0.806. The van der Waals surface area contributed by atoms with E-state index in [1.807, 2.05) is 0 Å². The van der Waals surface area contributed by atoms with E-state index in [-0.39, 0.29) is 6.61 Å². The molecule has 1 aromatic heterocycles. The van der Waals surface area contributed by atoms with Gasteiger partial charge in [-0.15, -0.1) is 9.94 Å². The Morgan fingerprint density at radius 1 is 1.75 bits per heavy atom. The van der Waals surface area contributed by atoms with Gasteiger partial charge in [-0.3, -0.25) is 0 Å². The van der Waals surface area contributed by atoms with Gasteiger partial charge in [0.2, 0.25) is 0 Å². The summed E-state index contributed by atoms with van der Waals surface area (Å²) in [7, 11) is 0. The first-order valence-electron chi connectivity index (χ1n) is 2.16. The minimum absolute atomic E-state index is 0.0828. The van der Waals surface area contributed by atoms with Crippen LogP contribution >= 0.6 is 0 Å². The predicted molar refractivity (Wildman–Crippen MR) is 25.3 cm³/mol. The van der Waals surface area contributed by atoms with Crippen LogP contribution in [-0.4, -0.2) is 20.3 Å². The summed E-state index contributed by atoms with van der Waals surface area (Å²) >= 11 is 0. The van der Waals surface area contributed by atoms with Crippen LogP contribution in [0.5, 0.6) is 0 Å². The molecule has 0 saturated carbocycles. The molecule has 8 heavy (non-hydrogen) atoms. The molecule has 0 radical (unpaired) electrons. The highest BCUT2D eigenvalue weighted by atomic mass is 16.5. The normalized spacial score (nSPS) is 9.62. The number of aliphatic hydroxyl groups excluding tert-OH is 1. The van der Waals surface area contributed by atoms with Gasteiger partial charge in [0.1, 0.15) is 0 Å². The van der Waals surface area contributed by atoms with Crippen LogP contribution in [0.3, 0.4) is 0 Å². The van der Waals surface area contributed by atoms with Crippen LogP contribution in [0.2, 0.25) is 0 Å². The van der Waals surface area contributed by atoms with E-state index in [1.54, 1.807) is 0 Å². The Hall–Kier alpha value is -1.03. The molecule has 0 bridgehead atoms. The first kappa shape index (κ1) is 5.11. The van der Waals surface area contributed by atoms with Gasteiger partial charge in [0.25, 0.3) is 0 Å². The lowest BCUT2D eigenvalue weighted by atomic mass is 10.4. The van der Waals surface area contributed by atoms with Gasteiger partial charge in [0.05, 0.1) is 19.0 Å². The monoisotopic (exact) mass is 114 g/mol. The SMILES string of the molecule is OCc1cnn(O)c1. The highest BCUT2D eigenvalue weighted by molar-refractivity contribution is 4.99. The molecular formula is C4H6N2O2. The van der Waals surface area contributed by atoms with Gasteiger partial charge in [0.15, 0.2) is 0 Å². The maximum atomic E-state index is 8.48. The molecule has 0 aliphatic heterocycles. The number of aliphatic hydroxyl groups is 1. The van der Waals surface area contributed by atoms with Gasteiger partial charge < -0.3 is 10.3 Å². The third kappa shape index (κ3) is 0.788. The van der Waals surface area contributed by atoms with Crippen LogP contribution in [0.1, 0.15) is 5.56 Å². The maximum absolute atomic E-state index is 8.48. The fourth-order valence-electron chi connectivity index (χ4n) is 0.430. The molecule has 0 fully saturated rings. The van der Waals surface area contributed by atoms with Crippen molar-refractivity contribution in [3.05, 3.63) is 18.0 Å². The van der Waals surface area contributed by atoms with Crippen molar-refractivity contribution < 1.29 is 10.3 Å². The average molecular weight is 114 g/mol.